The Morgan fingerprint density at radius 3 is 2.02 bits per heavy atom. The van der Waals surface area contributed by atoms with Gasteiger partial charge in [0.2, 0.25) is 6.29 Å². The molecule has 0 aromatic heterocycles. The van der Waals surface area contributed by atoms with Crippen LogP contribution in [0.3, 0.4) is 0 Å². The van der Waals surface area contributed by atoms with Gasteiger partial charge in [0.05, 0.1) is 13.2 Å². The van der Waals surface area contributed by atoms with Crippen molar-refractivity contribution in [1.82, 2.24) is 0 Å². The van der Waals surface area contributed by atoms with Crippen molar-refractivity contribution in [2.45, 2.75) is 89.5 Å². The van der Waals surface area contributed by atoms with Gasteiger partial charge in [-0.3, -0.25) is 0 Å². The van der Waals surface area contributed by atoms with E-state index in [-0.39, 0.29) is 24.7 Å². The summed E-state index contributed by atoms with van der Waals surface area (Å²) in [6.07, 6.45) is -3.11. The summed E-state index contributed by atoms with van der Waals surface area (Å²) in [5.74, 6) is -8.87. The number of benzene rings is 2. The van der Waals surface area contributed by atoms with Gasteiger partial charge in [0.15, 0.2) is 17.4 Å². The molecule has 0 unspecified atom stereocenters. The molecule has 2 aliphatic rings. The molecule has 3 nitrogen and oxygen atoms in total. The maximum atomic E-state index is 15.1. The summed E-state index contributed by atoms with van der Waals surface area (Å²) >= 11 is 0. The fourth-order valence-corrected chi connectivity index (χ4v) is 5.92. The summed E-state index contributed by atoms with van der Waals surface area (Å²) in [4.78, 5) is 0. The molecule has 4 rings (SSSR count). The molecule has 12 heteroatoms. The fraction of sp³-hybridized carbons (Fsp3) is 0.613. The standard InChI is InChI=1S/C31H35F9O3/c1-2-3-4-5-18-6-9-20(10-7-18)22-16-41-29(42-17-22)30(37,38)15-19-8-11-23(24(32)12-19)21-13-25(33)27(26(34)14-21)43-31(39,40)28(35)36/h8,11-14,18,20,22,28-29H,2-7,9-10,15-17H2,1H3. The number of hydrogen-bond acceptors (Lipinski definition) is 3. The van der Waals surface area contributed by atoms with E-state index in [0.29, 0.717) is 18.1 Å². The summed E-state index contributed by atoms with van der Waals surface area (Å²) in [5, 5.41) is 0. The Labute approximate surface area is 244 Å². The van der Waals surface area contributed by atoms with E-state index in [0.717, 1.165) is 49.8 Å². The molecule has 2 fully saturated rings. The third-order valence-corrected chi connectivity index (χ3v) is 8.32. The molecule has 1 heterocycles. The summed E-state index contributed by atoms with van der Waals surface area (Å²) in [5.41, 5.74) is -1.08. The molecule has 1 aliphatic carbocycles. The number of ether oxygens (including phenoxy) is 3. The lowest BCUT2D eigenvalue weighted by Gasteiger charge is -2.39. The molecule has 0 amide bonds. The number of alkyl halides is 6. The molecule has 0 bridgehead atoms. The van der Waals surface area contributed by atoms with E-state index in [9.17, 15) is 30.7 Å². The first kappa shape index (κ1) is 33.4. The highest BCUT2D eigenvalue weighted by Crippen LogP contribution is 2.40. The van der Waals surface area contributed by atoms with Crippen molar-refractivity contribution in [1.29, 1.82) is 0 Å². The average molecular weight is 627 g/mol. The number of halogens is 9. The molecule has 0 N–H and O–H groups in total. The van der Waals surface area contributed by atoms with Crippen LogP contribution in [0.2, 0.25) is 0 Å². The van der Waals surface area contributed by atoms with Crippen molar-refractivity contribution >= 4 is 0 Å². The minimum absolute atomic E-state index is 0.0274. The lowest BCUT2D eigenvalue weighted by Crippen LogP contribution is -2.47. The lowest BCUT2D eigenvalue weighted by atomic mass is 9.74. The van der Waals surface area contributed by atoms with Gasteiger partial charge < -0.3 is 14.2 Å². The second kappa shape index (κ2) is 14.1. The van der Waals surface area contributed by atoms with Crippen LogP contribution in [0.4, 0.5) is 39.5 Å². The van der Waals surface area contributed by atoms with Crippen LogP contribution in [-0.4, -0.2) is 38.0 Å². The zero-order chi connectivity index (χ0) is 31.4. The van der Waals surface area contributed by atoms with Crippen LogP contribution in [0.25, 0.3) is 11.1 Å². The van der Waals surface area contributed by atoms with Crippen LogP contribution < -0.4 is 4.74 Å². The molecular weight excluding hydrogens is 591 g/mol. The van der Waals surface area contributed by atoms with Gasteiger partial charge in [-0.2, -0.15) is 17.6 Å². The van der Waals surface area contributed by atoms with Crippen molar-refractivity contribution in [3.63, 3.8) is 0 Å². The topological polar surface area (TPSA) is 27.7 Å². The van der Waals surface area contributed by atoms with Gasteiger partial charge in [0, 0.05) is 17.9 Å². The second-order valence-corrected chi connectivity index (χ2v) is 11.5. The second-order valence-electron chi connectivity index (χ2n) is 11.5. The summed E-state index contributed by atoms with van der Waals surface area (Å²) in [7, 11) is 0. The molecule has 1 saturated carbocycles. The summed E-state index contributed by atoms with van der Waals surface area (Å²) in [6.45, 7) is 2.45. The zero-order valence-corrected chi connectivity index (χ0v) is 23.7. The Hall–Kier alpha value is -2.47. The van der Waals surface area contributed by atoms with Crippen molar-refractivity contribution in [2.24, 2.45) is 17.8 Å². The predicted molar refractivity (Wildman–Crippen MR) is 141 cm³/mol. The maximum absolute atomic E-state index is 15.1. The highest BCUT2D eigenvalue weighted by Gasteiger charge is 2.46. The monoisotopic (exact) mass is 626 g/mol. The first-order chi connectivity index (χ1) is 20.3. The van der Waals surface area contributed by atoms with Crippen molar-refractivity contribution in [2.75, 3.05) is 13.2 Å². The molecule has 2 aromatic rings. The Bertz CT molecular complexity index is 1180. The number of rotatable bonds is 12. The van der Waals surface area contributed by atoms with Gasteiger partial charge in [-0.05, 0) is 54.0 Å². The molecule has 240 valence electrons. The minimum atomic E-state index is -5.17. The van der Waals surface area contributed by atoms with Gasteiger partial charge in [-0.15, -0.1) is 0 Å². The average Bonchev–Trinajstić information content (AvgIpc) is 2.95. The van der Waals surface area contributed by atoms with Crippen LogP contribution in [0.5, 0.6) is 5.75 Å². The van der Waals surface area contributed by atoms with Crippen LogP contribution in [0.1, 0.15) is 63.9 Å². The molecule has 0 radical (unpaired) electrons. The lowest BCUT2D eigenvalue weighted by molar-refractivity contribution is -0.294. The zero-order valence-electron chi connectivity index (χ0n) is 23.7. The van der Waals surface area contributed by atoms with E-state index in [4.69, 9.17) is 9.47 Å². The van der Waals surface area contributed by atoms with E-state index in [1.54, 1.807) is 0 Å². The quantitative estimate of drug-likeness (QED) is 0.174. The Kier molecular flexibility index (Phi) is 11.0. The van der Waals surface area contributed by atoms with E-state index in [1.165, 1.54) is 25.7 Å². The van der Waals surface area contributed by atoms with Crippen LogP contribution >= 0.6 is 0 Å². The molecular formula is C31H35F9O3. The van der Waals surface area contributed by atoms with Gasteiger partial charge in [-0.1, -0.05) is 57.6 Å². The fourth-order valence-electron chi connectivity index (χ4n) is 5.92. The Morgan fingerprint density at radius 2 is 1.47 bits per heavy atom. The molecule has 0 atom stereocenters. The van der Waals surface area contributed by atoms with Crippen molar-refractivity contribution in [3.8, 4) is 16.9 Å². The Balaban J connectivity index is 1.34. The molecule has 2 aromatic carbocycles. The van der Waals surface area contributed by atoms with Crippen LogP contribution in [-0.2, 0) is 15.9 Å². The largest absolute Gasteiger partial charge is 0.461 e. The van der Waals surface area contributed by atoms with E-state index in [2.05, 4.69) is 11.7 Å². The summed E-state index contributed by atoms with van der Waals surface area (Å²) in [6, 6.07) is 3.67. The SMILES string of the molecule is CCCCCC1CCC(C2COC(C(F)(F)Cc3ccc(-c4cc(F)c(OC(F)(F)C(F)F)c(F)c4)c(F)c3)OC2)CC1. The highest BCUT2D eigenvalue weighted by atomic mass is 19.3. The number of hydrogen-bond donors (Lipinski definition) is 0. The first-order valence-corrected chi connectivity index (χ1v) is 14.5. The minimum Gasteiger partial charge on any atom is -0.422 e. The van der Waals surface area contributed by atoms with Crippen LogP contribution in [0.15, 0.2) is 30.3 Å². The van der Waals surface area contributed by atoms with E-state index in [1.807, 2.05) is 0 Å². The summed E-state index contributed by atoms with van der Waals surface area (Å²) < 4.78 is 139. The molecule has 0 spiro atoms. The van der Waals surface area contributed by atoms with E-state index >= 15 is 8.78 Å². The van der Waals surface area contributed by atoms with Gasteiger partial charge in [-0.25, -0.2) is 22.0 Å². The molecule has 1 saturated heterocycles. The van der Waals surface area contributed by atoms with Crippen molar-refractivity contribution in [3.05, 3.63) is 53.3 Å². The van der Waals surface area contributed by atoms with Crippen LogP contribution in [0, 0.1) is 35.2 Å². The van der Waals surface area contributed by atoms with Gasteiger partial charge in [0.25, 0.3) is 0 Å². The molecule has 43 heavy (non-hydrogen) atoms. The van der Waals surface area contributed by atoms with Crippen molar-refractivity contribution < 1.29 is 53.7 Å². The third kappa shape index (κ3) is 8.38. The van der Waals surface area contributed by atoms with Gasteiger partial charge in [0.1, 0.15) is 5.82 Å². The Morgan fingerprint density at radius 1 is 0.837 bits per heavy atom. The number of unbranched alkanes of at least 4 members (excludes halogenated alkanes) is 2. The first-order valence-electron chi connectivity index (χ1n) is 14.5. The third-order valence-electron chi connectivity index (χ3n) is 8.32. The predicted octanol–water partition coefficient (Wildman–Crippen LogP) is 9.56. The highest BCUT2D eigenvalue weighted by molar-refractivity contribution is 5.66. The maximum Gasteiger partial charge on any atom is 0.461 e. The smallest absolute Gasteiger partial charge is 0.422 e. The molecule has 1 aliphatic heterocycles. The normalized spacial score (nSPS) is 23.5. The van der Waals surface area contributed by atoms with Gasteiger partial charge >= 0.3 is 18.5 Å². The van der Waals surface area contributed by atoms with E-state index < -0.39 is 65.5 Å².